The SMILES string of the molecule is CCCc1nc2ccc(Br)cc2c(=O)n1N=Cc1cc(OC)c(OCC(=O)Nc2ccccc2C)c([N+](=O)[O-])c1. The molecule has 12 heteroatoms. The van der Waals surface area contributed by atoms with Gasteiger partial charge in [-0.3, -0.25) is 19.7 Å². The number of ether oxygens (including phenoxy) is 2. The number of nitro groups is 1. The molecule has 0 aliphatic rings. The molecule has 0 spiro atoms. The summed E-state index contributed by atoms with van der Waals surface area (Å²) in [4.78, 5) is 41.6. The number of aryl methyl sites for hydroxylation is 2. The lowest BCUT2D eigenvalue weighted by molar-refractivity contribution is -0.385. The van der Waals surface area contributed by atoms with Crippen molar-refractivity contribution in [3.05, 3.63) is 96.5 Å². The highest BCUT2D eigenvalue weighted by Crippen LogP contribution is 2.38. The molecule has 0 atom stereocenters. The van der Waals surface area contributed by atoms with Gasteiger partial charge in [0.2, 0.25) is 5.75 Å². The van der Waals surface area contributed by atoms with Crippen LogP contribution in [0.5, 0.6) is 11.5 Å². The summed E-state index contributed by atoms with van der Waals surface area (Å²) in [6.45, 7) is 3.32. The van der Waals surface area contributed by atoms with Crippen molar-refractivity contribution in [2.75, 3.05) is 19.0 Å². The number of nitrogens with zero attached hydrogens (tertiary/aromatic N) is 4. The van der Waals surface area contributed by atoms with E-state index in [0.717, 1.165) is 16.5 Å². The number of fused-ring (bicyclic) bond motifs is 1. The van der Waals surface area contributed by atoms with Gasteiger partial charge in [0.15, 0.2) is 12.4 Å². The van der Waals surface area contributed by atoms with E-state index in [1.165, 1.54) is 30.1 Å². The minimum atomic E-state index is -0.641. The Hall–Kier alpha value is -4.58. The summed E-state index contributed by atoms with van der Waals surface area (Å²) >= 11 is 3.37. The second-order valence-corrected chi connectivity index (χ2v) is 9.70. The standard InChI is InChI=1S/C28H26BrN5O6/c1-4-7-25-31-22-11-10-19(29)14-20(22)28(36)33(25)30-15-18-12-23(34(37)38)27(24(13-18)39-3)40-16-26(35)32-21-9-6-5-8-17(21)2/h5-6,8-15H,4,7,16H2,1-3H3,(H,32,35). The van der Waals surface area contributed by atoms with Crippen molar-refractivity contribution in [3.63, 3.8) is 0 Å². The number of halogens is 1. The quantitative estimate of drug-likeness (QED) is 0.148. The molecule has 1 amide bonds. The predicted molar refractivity (Wildman–Crippen MR) is 156 cm³/mol. The zero-order valence-corrected chi connectivity index (χ0v) is 23.6. The summed E-state index contributed by atoms with van der Waals surface area (Å²) in [6, 6.07) is 15.1. The second kappa shape index (κ2) is 12.5. The van der Waals surface area contributed by atoms with Crippen LogP contribution in [0.1, 0.15) is 30.3 Å². The first-order valence-corrected chi connectivity index (χ1v) is 13.1. The van der Waals surface area contributed by atoms with Crippen LogP contribution in [0.15, 0.2) is 69.0 Å². The number of carbonyl (C=O) groups is 1. The number of rotatable bonds is 10. The number of hydrogen-bond acceptors (Lipinski definition) is 8. The largest absolute Gasteiger partial charge is 0.493 e. The summed E-state index contributed by atoms with van der Waals surface area (Å²) < 4.78 is 12.8. The van der Waals surface area contributed by atoms with Gasteiger partial charge >= 0.3 is 5.69 Å². The molecule has 4 aromatic rings. The number of methoxy groups -OCH3 is 1. The fourth-order valence-electron chi connectivity index (χ4n) is 3.98. The molecular formula is C28H26BrN5O6. The van der Waals surface area contributed by atoms with Crippen LogP contribution < -0.4 is 20.3 Å². The van der Waals surface area contributed by atoms with E-state index in [1.54, 1.807) is 30.3 Å². The maximum absolute atomic E-state index is 13.2. The van der Waals surface area contributed by atoms with E-state index in [2.05, 4.69) is 31.3 Å². The minimum absolute atomic E-state index is 0.0287. The highest BCUT2D eigenvalue weighted by Gasteiger charge is 2.23. The topological polar surface area (TPSA) is 138 Å². The average Bonchev–Trinajstić information content (AvgIpc) is 2.93. The molecule has 1 heterocycles. The number of anilines is 1. The summed E-state index contributed by atoms with van der Waals surface area (Å²) in [5.41, 5.74) is 1.51. The van der Waals surface area contributed by atoms with Gasteiger partial charge in [-0.05, 0) is 49.2 Å². The Bertz CT molecular complexity index is 1680. The maximum Gasteiger partial charge on any atom is 0.315 e. The fourth-order valence-corrected chi connectivity index (χ4v) is 4.34. The van der Waals surface area contributed by atoms with Crippen molar-refractivity contribution in [2.45, 2.75) is 26.7 Å². The third-order valence-electron chi connectivity index (χ3n) is 5.91. The molecule has 1 aromatic heterocycles. The Morgan fingerprint density at radius 2 is 2.00 bits per heavy atom. The molecule has 206 valence electrons. The summed E-state index contributed by atoms with van der Waals surface area (Å²) in [5.74, 6) is -0.208. The Balaban J connectivity index is 1.66. The van der Waals surface area contributed by atoms with E-state index in [4.69, 9.17) is 9.47 Å². The van der Waals surface area contributed by atoms with E-state index in [1.807, 2.05) is 26.0 Å². The van der Waals surface area contributed by atoms with Gasteiger partial charge in [0, 0.05) is 28.2 Å². The molecule has 0 saturated carbocycles. The first-order valence-electron chi connectivity index (χ1n) is 12.3. The average molecular weight is 608 g/mol. The Morgan fingerprint density at radius 1 is 1.23 bits per heavy atom. The van der Waals surface area contributed by atoms with Crippen molar-refractivity contribution in [1.82, 2.24) is 9.66 Å². The van der Waals surface area contributed by atoms with E-state index < -0.39 is 23.1 Å². The number of nitro benzene ring substituents is 1. The number of para-hydroxylation sites is 1. The first-order chi connectivity index (χ1) is 19.2. The first kappa shape index (κ1) is 28.4. The molecule has 0 fully saturated rings. The van der Waals surface area contributed by atoms with Gasteiger partial charge < -0.3 is 14.8 Å². The lowest BCUT2D eigenvalue weighted by Crippen LogP contribution is -2.22. The number of benzene rings is 3. The molecule has 3 aromatic carbocycles. The Labute approximate surface area is 237 Å². The van der Waals surface area contributed by atoms with Crippen LogP contribution in [0.2, 0.25) is 0 Å². The van der Waals surface area contributed by atoms with E-state index >= 15 is 0 Å². The Kier molecular flexibility index (Phi) is 8.90. The normalized spacial score (nSPS) is 11.1. The third-order valence-corrected chi connectivity index (χ3v) is 6.41. The minimum Gasteiger partial charge on any atom is -0.493 e. The second-order valence-electron chi connectivity index (χ2n) is 8.78. The maximum atomic E-state index is 13.2. The summed E-state index contributed by atoms with van der Waals surface area (Å²) in [6.07, 6.45) is 2.54. The molecule has 1 N–H and O–H groups in total. The van der Waals surface area contributed by atoms with Gasteiger partial charge in [0.25, 0.3) is 11.5 Å². The van der Waals surface area contributed by atoms with Gasteiger partial charge in [-0.15, -0.1) is 0 Å². The van der Waals surface area contributed by atoms with E-state index in [0.29, 0.717) is 28.8 Å². The summed E-state index contributed by atoms with van der Waals surface area (Å²) in [7, 11) is 1.33. The van der Waals surface area contributed by atoms with Gasteiger partial charge in [0.1, 0.15) is 5.82 Å². The highest BCUT2D eigenvalue weighted by atomic mass is 79.9. The van der Waals surface area contributed by atoms with Gasteiger partial charge in [-0.1, -0.05) is 41.1 Å². The van der Waals surface area contributed by atoms with Gasteiger partial charge in [0.05, 0.1) is 29.2 Å². The lowest BCUT2D eigenvalue weighted by Gasteiger charge is -2.13. The smallest absolute Gasteiger partial charge is 0.315 e. The van der Waals surface area contributed by atoms with Crippen molar-refractivity contribution in [2.24, 2.45) is 5.10 Å². The van der Waals surface area contributed by atoms with Crippen molar-refractivity contribution in [1.29, 1.82) is 0 Å². The predicted octanol–water partition coefficient (Wildman–Crippen LogP) is 5.24. The highest BCUT2D eigenvalue weighted by molar-refractivity contribution is 9.10. The van der Waals surface area contributed by atoms with Gasteiger partial charge in [-0.2, -0.15) is 9.78 Å². The van der Waals surface area contributed by atoms with Crippen LogP contribution in [0, 0.1) is 17.0 Å². The van der Waals surface area contributed by atoms with Crippen molar-refractivity contribution >= 4 is 50.3 Å². The fraction of sp³-hybridized carbons (Fsp3) is 0.214. The van der Waals surface area contributed by atoms with Crippen LogP contribution >= 0.6 is 15.9 Å². The van der Waals surface area contributed by atoms with Crippen LogP contribution in [0.4, 0.5) is 11.4 Å². The molecule has 0 radical (unpaired) electrons. The molecule has 11 nitrogen and oxygen atoms in total. The van der Waals surface area contributed by atoms with Gasteiger partial charge in [-0.25, -0.2) is 4.98 Å². The Morgan fingerprint density at radius 3 is 2.70 bits per heavy atom. The molecule has 4 rings (SSSR count). The van der Waals surface area contributed by atoms with E-state index in [9.17, 15) is 19.7 Å². The molecule has 0 unspecified atom stereocenters. The van der Waals surface area contributed by atoms with Crippen molar-refractivity contribution in [3.8, 4) is 11.5 Å². The molecular weight excluding hydrogens is 582 g/mol. The monoisotopic (exact) mass is 607 g/mol. The third kappa shape index (κ3) is 6.34. The van der Waals surface area contributed by atoms with Crippen molar-refractivity contribution < 1.29 is 19.2 Å². The number of nitrogens with one attached hydrogen (secondary N) is 1. The lowest BCUT2D eigenvalue weighted by atomic mass is 10.2. The van der Waals surface area contributed by atoms with E-state index in [-0.39, 0.29) is 22.6 Å². The van der Waals surface area contributed by atoms with Crippen LogP contribution in [0.3, 0.4) is 0 Å². The van der Waals surface area contributed by atoms with Crippen LogP contribution in [-0.4, -0.2) is 40.4 Å². The number of aromatic nitrogens is 2. The zero-order valence-electron chi connectivity index (χ0n) is 22.0. The number of carbonyl (C=O) groups excluding carboxylic acids is 1. The molecule has 0 bridgehead atoms. The van der Waals surface area contributed by atoms with Crippen LogP contribution in [0.25, 0.3) is 10.9 Å². The molecule has 0 aliphatic carbocycles. The number of hydrogen-bond donors (Lipinski definition) is 1. The summed E-state index contributed by atoms with van der Waals surface area (Å²) in [5, 5.41) is 19.3. The molecule has 40 heavy (non-hydrogen) atoms. The van der Waals surface area contributed by atoms with Crippen LogP contribution in [-0.2, 0) is 11.2 Å². The molecule has 0 saturated heterocycles. The molecule has 0 aliphatic heterocycles. The number of amides is 1. The zero-order chi connectivity index (χ0) is 28.8.